The standard InChI is InChI=1S/C10H11F3O2/c1-9(8(14)15-10(11,12)13)5-6-2-3-7(9)4-6/h2-3,6-7H,4-5H2,1H3. The molecule has 0 heterocycles. The SMILES string of the molecule is CC1(C(=O)OC(F)(F)F)CC2C=CC1C2. The average molecular weight is 220 g/mol. The number of halogens is 3. The molecule has 0 aromatic rings. The second kappa shape index (κ2) is 3.00. The maximum atomic E-state index is 11.9. The van der Waals surface area contributed by atoms with E-state index < -0.39 is 17.7 Å². The molecule has 5 heteroatoms. The molecule has 2 rings (SSSR count). The first-order chi connectivity index (χ1) is 6.81. The molecule has 0 saturated heterocycles. The van der Waals surface area contributed by atoms with E-state index in [9.17, 15) is 18.0 Å². The second-order valence-corrected chi connectivity index (χ2v) is 4.44. The predicted octanol–water partition coefficient (Wildman–Crippen LogP) is 2.65. The first-order valence-electron chi connectivity index (χ1n) is 4.80. The summed E-state index contributed by atoms with van der Waals surface area (Å²) < 4.78 is 39.2. The van der Waals surface area contributed by atoms with Gasteiger partial charge in [-0.1, -0.05) is 12.2 Å². The molecule has 0 aliphatic heterocycles. The number of carbonyl (C=O) groups excluding carboxylic acids is 1. The zero-order chi connectivity index (χ0) is 11.3. The number of hydrogen-bond donors (Lipinski definition) is 0. The third-order valence-electron chi connectivity index (χ3n) is 3.35. The number of esters is 1. The molecule has 1 saturated carbocycles. The van der Waals surface area contributed by atoms with Crippen LogP contribution in [0.1, 0.15) is 19.8 Å². The van der Waals surface area contributed by atoms with Crippen LogP contribution < -0.4 is 0 Å². The van der Waals surface area contributed by atoms with Crippen molar-refractivity contribution in [1.82, 2.24) is 0 Å². The molecule has 84 valence electrons. The van der Waals surface area contributed by atoms with Gasteiger partial charge in [0, 0.05) is 0 Å². The molecule has 0 amide bonds. The van der Waals surface area contributed by atoms with E-state index in [0.717, 1.165) is 6.42 Å². The molecular weight excluding hydrogens is 209 g/mol. The van der Waals surface area contributed by atoms with Crippen molar-refractivity contribution in [2.45, 2.75) is 26.1 Å². The maximum Gasteiger partial charge on any atom is 0.575 e. The first kappa shape index (κ1) is 10.5. The van der Waals surface area contributed by atoms with Crippen molar-refractivity contribution >= 4 is 5.97 Å². The van der Waals surface area contributed by atoms with Crippen LogP contribution in [-0.2, 0) is 9.53 Å². The van der Waals surface area contributed by atoms with Crippen LogP contribution >= 0.6 is 0 Å². The van der Waals surface area contributed by atoms with Crippen molar-refractivity contribution in [3.63, 3.8) is 0 Å². The molecule has 0 spiro atoms. The number of rotatable bonds is 1. The van der Waals surface area contributed by atoms with Crippen molar-refractivity contribution < 1.29 is 22.7 Å². The molecule has 2 aliphatic rings. The maximum absolute atomic E-state index is 11.9. The normalized spacial score (nSPS) is 38.4. The van der Waals surface area contributed by atoms with Crippen LogP contribution in [0.5, 0.6) is 0 Å². The van der Waals surface area contributed by atoms with E-state index >= 15 is 0 Å². The highest BCUT2D eigenvalue weighted by Gasteiger charge is 2.53. The van der Waals surface area contributed by atoms with E-state index in [1.807, 2.05) is 12.2 Å². The van der Waals surface area contributed by atoms with Crippen LogP contribution in [0.15, 0.2) is 12.2 Å². The van der Waals surface area contributed by atoms with Crippen LogP contribution in [0.4, 0.5) is 13.2 Å². The molecule has 2 bridgehead atoms. The van der Waals surface area contributed by atoms with Gasteiger partial charge in [0.15, 0.2) is 0 Å². The fourth-order valence-corrected chi connectivity index (χ4v) is 2.55. The summed E-state index contributed by atoms with van der Waals surface area (Å²) in [5, 5.41) is 0. The smallest absolute Gasteiger partial charge is 0.372 e. The number of carbonyl (C=O) groups is 1. The fraction of sp³-hybridized carbons (Fsp3) is 0.700. The van der Waals surface area contributed by atoms with E-state index in [1.165, 1.54) is 0 Å². The Labute approximate surface area is 85.1 Å². The molecule has 0 aromatic carbocycles. The molecule has 3 unspecified atom stereocenters. The van der Waals surface area contributed by atoms with Gasteiger partial charge < -0.3 is 4.74 Å². The van der Waals surface area contributed by atoms with Crippen molar-refractivity contribution in [2.75, 3.05) is 0 Å². The molecule has 0 N–H and O–H groups in total. The molecule has 15 heavy (non-hydrogen) atoms. The van der Waals surface area contributed by atoms with Crippen molar-refractivity contribution in [1.29, 1.82) is 0 Å². The Bertz CT molecular complexity index is 321. The van der Waals surface area contributed by atoms with E-state index in [0.29, 0.717) is 6.42 Å². The van der Waals surface area contributed by atoms with Crippen LogP contribution in [0.2, 0.25) is 0 Å². The number of ether oxygens (including phenoxy) is 1. The Hall–Kier alpha value is -1.00. The van der Waals surface area contributed by atoms with Gasteiger partial charge in [-0.25, -0.2) is 0 Å². The zero-order valence-corrected chi connectivity index (χ0v) is 8.17. The van der Waals surface area contributed by atoms with Crippen LogP contribution in [0.25, 0.3) is 0 Å². The van der Waals surface area contributed by atoms with E-state index in [4.69, 9.17) is 0 Å². The Kier molecular flexibility index (Phi) is 2.10. The minimum atomic E-state index is -4.87. The van der Waals surface area contributed by atoms with Crippen molar-refractivity contribution in [3.8, 4) is 0 Å². The highest BCUT2D eigenvalue weighted by molar-refractivity contribution is 5.78. The van der Waals surface area contributed by atoms with E-state index in [2.05, 4.69) is 4.74 Å². The number of hydrogen-bond acceptors (Lipinski definition) is 2. The molecule has 3 atom stereocenters. The third kappa shape index (κ3) is 1.75. The van der Waals surface area contributed by atoms with Gasteiger partial charge in [0.05, 0.1) is 5.41 Å². The lowest BCUT2D eigenvalue weighted by Gasteiger charge is -2.28. The minimum Gasteiger partial charge on any atom is -0.372 e. The van der Waals surface area contributed by atoms with Gasteiger partial charge >= 0.3 is 12.3 Å². The summed E-state index contributed by atoms with van der Waals surface area (Å²) in [6.07, 6.45) is 0.150. The summed E-state index contributed by atoms with van der Waals surface area (Å²) in [6, 6.07) is 0. The van der Waals surface area contributed by atoms with Crippen LogP contribution in [-0.4, -0.2) is 12.3 Å². The summed E-state index contributed by atoms with van der Waals surface area (Å²) in [5.74, 6) is -1.01. The van der Waals surface area contributed by atoms with E-state index in [1.54, 1.807) is 6.92 Å². The molecule has 0 radical (unpaired) electrons. The van der Waals surface area contributed by atoms with Gasteiger partial charge in [0.2, 0.25) is 0 Å². The summed E-state index contributed by atoms with van der Waals surface area (Å²) in [7, 11) is 0. The van der Waals surface area contributed by atoms with Gasteiger partial charge in [-0.15, -0.1) is 13.2 Å². The van der Waals surface area contributed by atoms with Crippen molar-refractivity contribution in [3.05, 3.63) is 12.2 Å². The van der Waals surface area contributed by atoms with Gasteiger partial charge in [-0.2, -0.15) is 0 Å². The Morgan fingerprint density at radius 1 is 1.47 bits per heavy atom. The lowest BCUT2D eigenvalue weighted by Crippen LogP contribution is -2.37. The summed E-state index contributed by atoms with van der Waals surface area (Å²) >= 11 is 0. The quantitative estimate of drug-likeness (QED) is 0.501. The van der Waals surface area contributed by atoms with Gasteiger partial charge in [0.1, 0.15) is 0 Å². The fourth-order valence-electron chi connectivity index (χ4n) is 2.55. The predicted molar refractivity (Wildman–Crippen MR) is 45.6 cm³/mol. The van der Waals surface area contributed by atoms with Gasteiger partial charge in [0.25, 0.3) is 0 Å². The summed E-state index contributed by atoms with van der Waals surface area (Å²) in [4.78, 5) is 11.4. The first-order valence-corrected chi connectivity index (χ1v) is 4.80. The monoisotopic (exact) mass is 220 g/mol. The zero-order valence-electron chi connectivity index (χ0n) is 8.17. The summed E-state index contributed by atoms with van der Waals surface area (Å²) in [6.45, 7) is 1.55. The molecule has 0 aromatic heterocycles. The van der Waals surface area contributed by atoms with Crippen LogP contribution in [0, 0.1) is 17.3 Å². The Morgan fingerprint density at radius 3 is 2.53 bits per heavy atom. The lowest BCUT2D eigenvalue weighted by atomic mass is 9.78. The molecule has 1 fully saturated rings. The van der Waals surface area contributed by atoms with E-state index in [-0.39, 0.29) is 11.8 Å². The highest BCUT2D eigenvalue weighted by Crippen LogP contribution is 2.52. The Balaban J connectivity index is 2.11. The van der Waals surface area contributed by atoms with Gasteiger partial charge in [-0.05, 0) is 31.6 Å². The largest absolute Gasteiger partial charge is 0.575 e. The number of alkyl halides is 3. The molecule has 2 nitrogen and oxygen atoms in total. The lowest BCUT2D eigenvalue weighted by molar-refractivity contribution is -0.311. The molecular formula is C10H11F3O2. The topological polar surface area (TPSA) is 26.3 Å². The minimum absolute atomic E-state index is 0.0997. The number of allylic oxidation sites excluding steroid dienone is 2. The van der Waals surface area contributed by atoms with Crippen molar-refractivity contribution in [2.24, 2.45) is 17.3 Å². The van der Waals surface area contributed by atoms with Gasteiger partial charge in [-0.3, -0.25) is 4.79 Å². The average Bonchev–Trinajstić information content (AvgIpc) is 2.60. The summed E-state index contributed by atoms with van der Waals surface area (Å²) in [5.41, 5.74) is -0.991. The number of fused-ring (bicyclic) bond motifs is 2. The third-order valence-corrected chi connectivity index (χ3v) is 3.35. The van der Waals surface area contributed by atoms with Crippen LogP contribution in [0.3, 0.4) is 0 Å². The Morgan fingerprint density at radius 2 is 2.13 bits per heavy atom. The molecule has 2 aliphatic carbocycles. The second-order valence-electron chi connectivity index (χ2n) is 4.44. The highest BCUT2D eigenvalue weighted by atomic mass is 19.4.